The first kappa shape index (κ1) is 16.4. The summed E-state index contributed by atoms with van der Waals surface area (Å²) in [5.74, 6) is -0.127. The molecule has 0 aliphatic carbocycles. The van der Waals surface area contributed by atoms with Crippen molar-refractivity contribution < 1.29 is 14.6 Å². The summed E-state index contributed by atoms with van der Waals surface area (Å²) in [5, 5.41) is 14.8. The van der Waals surface area contributed by atoms with Crippen LogP contribution in [-0.2, 0) is 4.74 Å². The van der Waals surface area contributed by atoms with Gasteiger partial charge in [-0.1, -0.05) is 13.8 Å². The van der Waals surface area contributed by atoms with Gasteiger partial charge in [-0.3, -0.25) is 4.79 Å². The molecule has 1 aliphatic heterocycles. The van der Waals surface area contributed by atoms with Crippen molar-refractivity contribution in [1.82, 2.24) is 10.3 Å². The molecule has 1 amide bonds. The maximum Gasteiger partial charge on any atom is 0.270 e. The molecule has 1 aromatic rings. The first-order valence-electron chi connectivity index (χ1n) is 7.48. The van der Waals surface area contributed by atoms with Crippen LogP contribution in [0, 0.1) is 5.41 Å². The van der Waals surface area contributed by atoms with Gasteiger partial charge in [0.25, 0.3) is 5.91 Å². The van der Waals surface area contributed by atoms with Gasteiger partial charge in [-0.2, -0.15) is 0 Å². The van der Waals surface area contributed by atoms with Gasteiger partial charge in [0.1, 0.15) is 16.8 Å². The Labute approximate surface area is 129 Å². The zero-order valence-electron chi connectivity index (χ0n) is 12.7. The fraction of sp³-hybridized carbons (Fsp3) is 0.733. The number of aliphatic hydroxyl groups is 1. The van der Waals surface area contributed by atoms with Crippen LogP contribution in [0.15, 0.2) is 5.38 Å². The Morgan fingerprint density at radius 2 is 2.43 bits per heavy atom. The maximum atomic E-state index is 12.0. The van der Waals surface area contributed by atoms with Crippen molar-refractivity contribution in [3.63, 3.8) is 0 Å². The highest BCUT2D eigenvalue weighted by Gasteiger charge is 2.22. The molecule has 1 saturated heterocycles. The van der Waals surface area contributed by atoms with Gasteiger partial charge >= 0.3 is 0 Å². The summed E-state index contributed by atoms with van der Waals surface area (Å²) in [5.41, 5.74) is 0.394. The van der Waals surface area contributed by atoms with Crippen LogP contribution in [0.2, 0.25) is 0 Å². The minimum absolute atomic E-state index is 0.0712. The normalized spacial score (nSPS) is 18.9. The molecule has 2 rings (SSSR count). The second kappa shape index (κ2) is 7.33. The molecule has 0 spiro atoms. The summed E-state index contributed by atoms with van der Waals surface area (Å²) in [7, 11) is 0. The molecule has 0 saturated carbocycles. The van der Waals surface area contributed by atoms with Crippen LogP contribution in [0.3, 0.4) is 0 Å². The molecule has 118 valence electrons. The minimum Gasteiger partial charge on any atom is -0.396 e. The van der Waals surface area contributed by atoms with E-state index in [4.69, 9.17) is 4.74 Å². The largest absolute Gasteiger partial charge is 0.396 e. The molecular weight excluding hydrogens is 288 g/mol. The highest BCUT2D eigenvalue weighted by Crippen LogP contribution is 2.30. The lowest BCUT2D eigenvalue weighted by molar-refractivity contribution is 0.0941. The van der Waals surface area contributed by atoms with Gasteiger partial charge in [0, 0.05) is 25.1 Å². The number of thiazole rings is 1. The fourth-order valence-electron chi connectivity index (χ4n) is 2.25. The summed E-state index contributed by atoms with van der Waals surface area (Å²) >= 11 is 1.49. The molecule has 1 fully saturated rings. The molecule has 0 aromatic carbocycles. The number of ether oxygens (including phenoxy) is 1. The molecule has 1 aliphatic rings. The van der Waals surface area contributed by atoms with Gasteiger partial charge in [0.15, 0.2) is 0 Å². The molecule has 2 heterocycles. The highest BCUT2D eigenvalue weighted by atomic mass is 32.1. The van der Waals surface area contributed by atoms with Crippen LogP contribution in [-0.4, -0.2) is 35.8 Å². The van der Waals surface area contributed by atoms with E-state index in [0.717, 1.165) is 37.3 Å². The predicted octanol–water partition coefficient (Wildman–Crippen LogP) is 2.52. The third-order valence-corrected chi connectivity index (χ3v) is 4.64. The molecule has 21 heavy (non-hydrogen) atoms. The number of nitrogens with one attached hydrogen (secondary N) is 1. The molecular formula is C15H24N2O3S. The molecule has 1 aromatic heterocycles. The van der Waals surface area contributed by atoms with Crippen LogP contribution in [0.4, 0.5) is 0 Å². The smallest absolute Gasteiger partial charge is 0.270 e. The van der Waals surface area contributed by atoms with Gasteiger partial charge in [-0.15, -0.1) is 11.3 Å². The Morgan fingerprint density at radius 3 is 3.10 bits per heavy atom. The van der Waals surface area contributed by atoms with E-state index < -0.39 is 0 Å². The van der Waals surface area contributed by atoms with Crippen molar-refractivity contribution in [3.05, 3.63) is 16.1 Å². The van der Waals surface area contributed by atoms with Gasteiger partial charge in [-0.25, -0.2) is 4.98 Å². The number of aromatic nitrogens is 1. The van der Waals surface area contributed by atoms with Gasteiger partial charge in [0.2, 0.25) is 0 Å². The Hall–Kier alpha value is -0.980. The van der Waals surface area contributed by atoms with Crippen LogP contribution in [0.1, 0.15) is 61.1 Å². The summed E-state index contributed by atoms with van der Waals surface area (Å²) in [6.07, 6.45) is 3.85. The van der Waals surface area contributed by atoms with Crippen LogP contribution >= 0.6 is 11.3 Å². The van der Waals surface area contributed by atoms with E-state index in [9.17, 15) is 9.90 Å². The summed E-state index contributed by atoms with van der Waals surface area (Å²) in [6.45, 7) is 5.59. The lowest BCUT2D eigenvalue weighted by Crippen LogP contribution is -2.26. The molecule has 0 bridgehead atoms. The molecule has 0 radical (unpaired) electrons. The number of carbonyl (C=O) groups excluding carboxylic acids is 1. The molecule has 2 N–H and O–H groups in total. The lowest BCUT2D eigenvalue weighted by atomic mass is 9.89. The minimum atomic E-state index is -0.127. The number of amides is 1. The predicted molar refractivity (Wildman–Crippen MR) is 82.5 cm³/mol. The van der Waals surface area contributed by atoms with E-state index >= 15 is 0 Å². The third-order valence-electron chi connectivity index (χ3n) is 3.70. The fourth-order valence-corrected chi connectivity index (χ4v) is 3.13. The van der Waals surface area contributed by atoms with E-state index in [0.29, 0.717) is 12.2 Å². The van der Waals surface area contributed by atoms with Crippen molar-refractivity contribution in [2.45, 2.75) is 45.6 Å². The number of aliphatic hydroxyl groups excluding tert-OH is 1. The van der Waals surface area contributed by atoms with Gasteiger partial charge in [0.05, 0.1) is 0 Å². The summed E-state index contributed by atoms with van der Waals surface area (Å²) in [4.78, 5) is 16.4. The van der Waals surface area contributed by atoms with Crippen LogP contribution < -0.4 is 5.32 Å². The topological polar surface area (TPSA) is 71.5 Å². The lowest BCUT2D eigenvalue weighted by Gasteiger charge is -2.21. The molecule has 6 heteroatoms. The highest BCUT2D eigenvalue weighted by molar-refractivity contribution is 7.09. The van der Waals surface area contributed by atoms with Crippen molar-refractivity contribution in [1.29, 1.82) is 0 Å². The SMILES string of the molecule is CC(C)(CO)CCCNC(=O)c1csc(C2CCCO2)n1. The summed E-state index contributed by atoms with van der Waals surface area (Å²) in [6, 6.07) is 0. The van der Waals surface area contributed by atoms with Gasteiger partial charge in [-0.05, 0) is 31.1 Å². The second-order valence-electron chi connectivity index (χ2n) is 6.25. The van der Waals surface area contributed by atoms with Crippen molar-refractivity contribution >= 4 is 17.2 Å². The van der Waals surface area contributed by atoms with Crippen molar-refractivity contribution in [2.75, 3.05) is 19.8 Å². The second-order valence-corrected chi connectivity index (χ2v) is 7.14. The Morgan fingerprint density at radius 1 is 1.62 bits per heavy atom. The van der Waals surface area contributed by atoms with E-state index in [1.807, 2.05) is 13.8 Å². The van der Waals surface area contributed by atoms with E-state index in [1.54, 1.807) is 5.38 Å². The Kier molecular flexibility index (Phi) is 5.72. The van der Waals surface area contributed by atoms with E-state index in [-0.39, 0.29) is 24.0 Å². The monoisotopic (exact) mass is 312 g/mol. The molecule has 5 nitrogen and oxygen atoms in total. The van der Waals surface area contributed by atoms with E-state index in [2.05, 4.69) is 10.3 Å². The first-order chi connectivity index (χ1) is 10.0. The van der Waals surface area contributed by atoms with Crippen LogP contribution in [0.25, 0.3) is 0 Å². The van der Waals surface area contributed by atoms with Crippen molar-refractivity contribution in [2.24, 2.45) is 5.41 Å². The number of rotatable bonds is 7. The standard InChI is InChI=1S/C15H24N2O3S/c1-15(2,10-18)6-4-7-16-13(19)11-9-21-14(17-11)12-5-3-8-20-12/h9,12,18H,3-8,10H2,1-2H3,(H,16,19). The number of nitrogens with zero attached hydrogens (tertiary/aromatic N) is 1. The number of hydrogen-bond donors (Lipinski definition) is 2. The average Bonchev–Trinajstić information content (AvgIpc) is 3.13. The van der Waals surface area contributed by atoms with Gasteiger partial charge < -0.3 is 15.2 Å². The number of hydrogen-bond acceptors (Lipinski definition) is 5. The Bertz CT molecular complexity index is 467. The number of carbonyl (C=O) groups is 1. The zero-order valence-corrected chi connectivity index (χ0v) is 13.5. The first-order valence-corrected chi connectivity index (χ1v) is 8.36. The average molecular weight is 312 g/mol. The maximum absolute atomic E-state index is 12.0. The zero-order chi connectivity index (χ0) is 15.3. The Balaban J connectivity index is 1.76. The molecule has 1 atom stereocenters. The quantitative estimate of drug-likeness (QED) is 0.759. The van der Waals surface area contributed by atoms with Crippen molar-refractivity contribution in [3.8, 4) is 0 Å². The summed E-state index contributed by atoms with van der Waals surface area (Å²) < 4.78 is 5.57. The third kappa shape index (κ3) is 4.76. The van der Waals surface area contributed by atoms with Crippen LogP contribution in [0.5, 0.6) is 0 Å². The van der Waals surface area contributed by atoms with E-state index in [1.165, 1.54) is 11.3 Å². The molecule has 1 unspecified atom stereocenters.